The molecule has 2 aromatic rings. The summed E-state index contributed by atoms with van der Waals surface area (Å²) < 4.78 is 1.03. The van der Waals surface area contributed by atoms with Crippen molar-refractivity contribution in [1.29, 1.82) is 5.26 Å². The Labute approximate surface area is 139 Å². The van der Waals surface area contributed by atoms with Crippen molar-refractivity contribution < 1.29 is 0 Å². The molecule has 1 aromatic carbocycles. The number of rotatable bonds is 4. The summed E-state index contributed by atoms with van der Waals surface area (Å²) in [5.74, 6) is 0. The van der Waals surface area contributed by atoms with Gasteiger partial charge in [0.15, 0.2) is 5.13 Å². The van der Waals surface area contributed by atoms with Gasteiger partial charge in [-0.15, -0.1) is 0 Å². The van der Waals surface area contributed by atoms with Crippen LogP contribution in [0.25, 0.3) is 10.2 Å². The lowest BCUT2D eigenvalue weighted by molar-refractivity contribution is 0.739. The molecule has 1 saturated carbocycles. The molecule has 1 fully saturated rings. The average Bonchev–Trinajstić information content (AvgIpc) is 3.31. The number of benzene rings is 1. The summed E-state index contributed by atoms with van der Waals surface area (Å²) in [7, 11) is 0. The van der Waals surface area contributed by atoms with E-state index in [1.165, 1.54) is 5.57 Å². The fourth-order valence-electron chi connectivity index (χ4n) is 3.15. The summed E-state index contributed by atoms with van der Waals surface area (Å²) in [6.07, 6.45) is 11.4. The number of hydrogen-bond acceptors (Lipinski definition) is 4. The molecule has 1 aromatic heterocycles. The molecular formula is C19H17N3S. The molecule has 0 aliphatic heterocycles. The van der Waals surface area contributed by atoms with Gasteiger partial charge in [-0.1, -0.05) is 36.1 Å². The van der Waals surface area contributed by atoms with E-state index in [4.69, 9.17) is 5.26 Å². The first-order valence-electron chi connectivity index (χ1n) is 7.85. The van der Waals surface area contributed by atoms with Gasteiger partial charge < -0.3 is 5.32 Å². The molecule has 4 heteroatoms. The van der Waals surface area contributed by atoms with Crippen molar-refractivity contribution in [2.45, 2.75) is 25.7 Å². The Kier molecular flexibility index (Phi) is 3.32. The molecule has 0 saturated heterocycles. The Hall–Kier alpha value is -2.38. The Morgan fingerprint density at radius 3 is 2.91 bits per heavy atom. The maximum absolute atomic E-state index is 9.00. The highest BCUT2D eigenvalue weighted by Gasteiger charge is 2.48. The molecule has 0 unspecified atom stereocenters. The standard InChI is InChI=1S/C19H17N3S/c1-13(19(9-10-19)15-5-3-2-4-6-15)21-18-22-16-8-7-14(12-20)11-17(16)23-18/h3,5-8,11H,1-2,4,9-10H2,(H,21,22). The molecule has 0 atom stereocenters. The third-order valence-corrected chi connectivity index (χ3v) is 5.58. The highest BCUT2D eigenvalue weighted by Crippen LogP contribution is 2.58. The van der Waals surface area contributed by atoms with E-state index in [1.807, 2.05) is 12.1 Å². The number of thiazole rings is 1. The first-order chi connectivity index (χ1) is 11.2. The molecule has 2 aliphatic rings. The van der Waals surface area contributed by atoms with Gasteiger partial charge in [-0.05, 0) is 49.5 Å². The number of hydrogen-bond donors (Lipinski definition) is 1. The predicted octanol–water partition coefficient (Wildman–Crippen LogP) is 5.15. The number of aromatic nitrogens is 1. The van der Waals surface area contributed by atoms with Crippen LogP contribution in [0.3, 0.4) is 0 Å². The van der Waals surface area contributed by atoms with Gasteiger partial charge >= 0.3 is 0 Å². The first kappa shape index (κ1) is 14.2. The Bertz CT molecular complexity index is 891. The largest absolute Gasteiger partial charge is 0.335 e. The minimum Gasteiger partial charge on any atom is -0.335 e. The van der Waals surface area contributed by atoms with Crippen molar-refractivity contribution in [3.8, 4) is 6.07 Å². The summed E-state index contributed by atoms with van der Waals surface area (Å²) in [4.78, 5) is 4.61. The molecule has 1 heterocycles. The fourth-order valence-corrected chi connectivity index (χ4v) is 4.08. The Balaban J connectivity index is 1.58. The van der Waals surface area contributed by atoms with E-state index in [1.54, 1.807) is 17.4 Å². The maximum Gasteiger partial charge on any atom is 0.188 e. The van der Waals surface area contributed by atoms with Crippen LogP contribution in [0, 0.1) is 16.7 Å². The van der Waals surface area contributed by atoms with E-state index in [0.29, 0.717) is 5.56 Å². The van der Waals surface area contributed by atoms with Crippen LogP contribution < -0.4 is 5.32 Å². The molecule has 3 nitrogen and oxygen atoms in total. The van der Waals surface area contributed by atoms with Crippen molar-refractivity contribution in [3.05, 3.63) is 59.8 Å². The number of fused-ring (bicyclic) bond motifs is 1. The highest BCUT2D eigenvalue weighted by atomic mass is 32.1. The van der Waals surface area contributed by atoms with Crippen LogP contribution >= 0.6 is 11.3 Å². The van der Waals surface area contributed by atoms with Gasteiger partial charge in [0.05, 0.1) is 21.8 Å². The van der Waals surface area contributed by atoms with E-state index in [0.717, 1.165) is 46.7 Å². The van der Waals surface area contributed by atoms with Crippen LogP contribution in [-0.4, -0.2) is 4.98 Å². The second-order valence-electron chi connectivity index (χ2n) is 6.14. The predicted molar refractivity (Wildman–Crippen MR) is 95.2 cm³/mol. The number of nitrogens with one attached hydrogen (secondary N) is 1. The Morgan fingerprint density at radius 1 is 1.35 bits per heavy atom. The van der Waals surface area contributed by atoms with Gasteiger partial charge in [-0.2, -0.15) is 5.26 Å². The molecule has 0 amide bonds. The normalized spacial score (nSPS) is 18.3. The summed E-state index contributed by atoms with van der Waals surface area (Å²) >= 11 is 1.57. The average molecular weight is 319 g/mol. The summed E-state index contributed by atoms with van der Waals surface area (Å²) in [5.41, 5.74) is 4.12. The third kappa shape index (κ3) is 2.47. The van der Waals surface area contributed by atoms with Crippen molar-refractivity contribution in [2.24, 2.45) is 5.41 Å². The van der Waals surface area contributed by atoms with E-state index < -0.39 is 0 Å². The molecule has 0 radical (unpaired) electrons. The molecule has 114 valence electrons. The van der Waals surface area contributed by atoms with Crippen molar-refractivity contribution >= 4 is 26.7 Å². The second-order valence-corrected chi connectivity index (χ2v) is 7.17. The zero-order valence-corrected chi connectivity index (χ0v) is 13.6. The van der Waals surface area contributed by atoms with E-state index in [-0.39, 0.29) is 5.41 Å². The van der Waals surface area contributed by atoms with Crippen molar-refractivity contribution in [1.82, 2.24) is 4.98 Å². The molecule has 0 spiro atoms. The topological polar surface area (TPSA) is 48.7 Å². The van der Waals surface area contributed by atoms with E-state index in [9.17, 15) is 0 Å². The lowest BCUT2D eigenvalue weighted by atomic mass is 9.89. The quantitative estimate of drug-likeness (QED) is 0.847. The van der Waals surface area contributed by atoms with Gasteiger partial charge in [0.25, 0.3) is 0 Å². The minimum atomic E-state index is 0.0899. The van der Waals surface area contributed by atoms with Gasteiger partial charge in [0.1, 0.15) is 0 Å². The van der Waals surface area contributed by atoms with Gasteiger partial charge in [0.2, 0.25) is 0 Å². The lowest BCUT2D eigenvalue weighted by Gasteiger charge is -2.22. The molecule has 4 rings (SSSR count). The lowest BCUT2D eigenvalue weighted by Crippen LogP contribution is -2.14. The van der Waals surface area contributed by atoms with Gasteiger partial charge in [0, 0.05) is 11.1 Å². The number of allylic oxidation sites excluding steroid dienone is 4. The Morgan fingerprint density at radius 2 is 2.22 bits per heavy atom. The first-order valence-corrected chi connectivity index (χ1v) is 8.67. The van der Waals surface area contributed by atoms with E-state index >= 15 is 0 Å². The summed E-state index contributed by atoms with van der Waals surface area (Å²) in [6, 6.07) is 7.77. The molecule has 1 N–H and O–H groups in total. The van der Waals surface area contributed by atoms with Crippen molar-refractivity contribution in [3.63, 3.8) is 0 Å². The SMILES string of the molecule is C=C(Nc1nc2ccc(C#N)cc2s1)C1(C2=CCCC=C2)CC1. The van der Waals surface area contributed by atoms with Crippen LogP contribution in [-0.2, 0) is 0 Å². The molecular weight excluding hydrogens is 302 g/mol. The zero-order chi connectivity index (χ0) is 15.9. The zero-order valence-electron chi connectivity index (χ0n) is 12.8. The third-order valence-electron chi connectivity index (χ3n) is 4.65. The number of nitriles is 1. The van der Waals surface area contributed by atoms with Gasteiger partial charge in [-0.3, -0.25) is 0 Å². The number of nitrogens with zero attached hydrogens (tertiary/aromatic N) is 2. The smallest absolute Gasteiger partial charge is 0.188 e. The molecule has 2 aliphatic carbocycles. The fraction of sp³-hybridized carbons (Fsp3) is 0.263. The maximum atomic E-state index is 9.00. The minimum absolute atomic E-state index is 0.0899. The molecule has 23 heavy (non-hydrogen) atoms. The van der Waals surface area contributed by atoms with Gasteiger partial charge in [-0.25, -0.2) is 4.98 Å². The summed E-state index contributed by atoms with van der Waals surface area (Å²) in [6.45, 7) is 4.29. The monoisotopic (exact) mass is 319 g/mol. The second kappa shape index (κ2) is 5.36. The van der Waals surface area contributed by atoms with Crippen LogP contribution in [0.1, 0.15) is 31.2 Å². The van der Waals surface area contributed by atoms with Crippen LogP contribution in [0.4, 0.5) is 5.13 Å². The van der Waals surface area contributed by atoms with E-state index in [2.05, 4.69) is 41.2 Å². The molecule has 0 bridgehead atoms. The van der Waals surface area contributed by atoms with Crippen LogP contribution in [0.5, 0.6) is 0 Å². The van der Waals surface area contributed by atoms with Crippen LogP contribution in [0.15, 0.2) is 54.3 Å². The van der Waals surface area contributed by atoms with Crippen LogP contribution in [0.2, 0.25) is 0 Å². The number of anilines is 1. The van der Waals surface area contributed by atoms with Crippen molar-refractivity contribution in [2.75, 3.05) is 5.32 Å². The summed E-state index contributed by atoms with van der Waals surface area (Å²) in [5, 5.41) is 13.3. The highest BCUT2D eigenvalue weighted by molar-refractivity contribution is 7.22.